The van der Waals surface area contributed by atoms with Gasteiger partial charge in [-0.2, -0.15) is 0 Å². The van der Waals surface area contributed by atoms with Crippen molar-refractivity contribution in [1.29, 1.82) is 0 Å². The number of nitrogens with zero attached hydrogens (tertiary/aromatic N) is 1. The van der Waals surface area contributed by atoms with Crippen molar-refractivity contribution in [3.63, 3.8) is 0 Å². The van der Waals surface area contributed by atoms with E-state index in [0.717, 1.165) is 0 Å². The lowest BCUT2D eigenvalue weighted by atomic mass is 10.2. The van der Waals surface area contributed by atoms with E-state index in [1.807, 2.05) is 0 Å². The molecular weight excluding hydrogens is 372 g/mol. The van der Waals surface area contributed by atoms with Gasteiger partial charge in [-0.3, -0.25) is 4.79 Å². The first-order chi connectivity index (χ1) is 9.30. The molecule has 1 saturated heterocycles. The maximum Gasteiger partial charge on any atom is 0.255 e. The highest BCUT2D eigenvalue weighted by atomic mass is 79.9. The third-order valence-electron chi connectivity index (χ3n) is 2.86. The molecule has 2 N–H and O–H groups in total. The van der Waals surface area contributed by atoms with Crippen LogP contribution in [-0.4, -0.2) is 45.5 Å². The van der Waals surface area contributed by atoms with Crippen LogP contribution in [0.25, 0.3) is 0 Å². The van der Waals surface area contributed by atoms with Gasteiger partial charge in [0, 0.05) is 17.6 Å². The maximum atomic E-state index is 12.4. The average Bonchev–Trinajstić information content (AvgIpc) is 2.40. The second-order valence-electron chi connectivity index (χ2n) is 4.22. The molecule has 1 aromatic carbocycles. The number of hydrogen-bond donors (Lipinski definition) is 1. The largest absolute Gasteiger partial charge is 0.378 e. The Kier molecular flexibility index (Phi) is 4.70. The number of carbonyl (C=O) groups is 1. The van der Waals surface area contributed by atoms with Gasteiger partial charge in [0.15, 0.2) is 0 Å². The minimum atomic E-state index is -3.91. The lowest BCUT2D eigenvalue weighted by Crippen LogP contribution is -2.40. The monoisotopic (exact) mass is 382 g/mol. The molecule has 0 aromatic heterocycles. The van der Waals surface area contributed by atoms with Crippen molar-refractivity contribution in [3.05, 3.63) is 27.2 Å². The summed E-state index contributed by atoms with van der Waals surface area (Å²) in [7, 11) is -3.91. The number of amides is 1. The van der Waals surface area contributed by atoms with Gasteiger partial charge in [0.1, 0.15) is 0 Å². The van der Waals surface area contributed by atoms with E-state index in [0.29, 0.717) is 30.8 Å². The molecule has 0 atom stereocenters. The smallest absolute Gasteiger partial charge is 0.255 e. The van der Waals surface area contributed by atoms with E-state index in [9.17, 15) is 13.2 Å². The molecule has 0 saturated carbocycles. The van der Waals surface area contributed by atoms with Crippen LogP contribution in [-0.2, 0) is 14.8 Å². The van der Waals surface area contributed by atoms with Crippen molar-refractivity contribution in [2.75, 3.05) is 26.3 Å². The molecule has 1 aliphatic heterocycles. The molecule has 1 heterocycles. The van der Waals surface area contributed by atoms with Gasteiger partial charge in [0.05, 0.1) is 28.7 Å². The van der Waals surface area contributed by atoms with Gasteiger partial charge in [0.25, 0.3) is 5.91 Å². The standard InChI is InChI=1S/C11H12BrClN2O4S/c12-9-6-7(20(14,17)18)5-8(10(9)13)11(16)15-1-3-19-4-2-15/h5-6H,1-4H2,(H2,14,17,18). The zero-order chi connectivity index (χ0) is 14.9. The van der Waals surface area contributed by atoms with Gasteiger partial charge < -0.3 is 9.64 Å². The van der Waals surface area contributed by atoms with Crippen LogP contribution >= 0.6 is 27.5 Å². The Hall–Kier alpha value is -0.670. The molecule has 1 amide bonds. The summed E-state index contributed by atoms with van der Waals surface area (Å²) in [5, 5.41) is 5.25. The molecule has 1 fully saturated rings. The fraction of sp³-hybridized carbons (Fsp3) is 0.364. The highest BCUT2D eigenvalue weighted by molar-refractivity contribution is 9.10. The molecule has 110 valence electrons. The van der Waals surface area contributed by atoms with Crippen molar-refractivity contribution in [2.24, 2.45) is 5.14 Å². The van der Waals surface area contributed by atoms with Crippen LogP contribution in [0.4, 0.5) is 0 Å². The summed E-state index contributed by atoms with van der Waals surface area (Å²) in [6, 6.07) is 2.47. The van der Waals surface area contributed by atoms with Crippen molar-refractivity contribution in [3.8, 4) is 0 Å². The van der Waals surface area contributed by atoms with Crippen molar-refractivity contribution >= 4 is 43.5 Å². The predicted molar refractivity (Wildman–Crippen MR) is 77.2 cm³/mol. The van der Waals surface area contributed by atoms with Crippen LogP contribution in [0.1, 0.15) is 10.4 Å². The first-order valence-electron chi connectivity index (χ1n) is 5.69. The van der Waals surface area contributed by atoms with Crippen LogP contribution in [0.15, 0.2) is 21.5 Å². The fourth-order valence-corrected chi connectivity index (χ4v) is 3.19. The van der Waals surface area contributed by atoms with Crippen LogP contribution in [0.2, 0.25) is 5.02 Å². The summed E-state index contributed by atoms with van der Waals surface area (Å²) >= 11 is 9.20. The number of ether oxygens (including phenoxy) is 1. The number of benzene rings is 1. The van der Waals surface area contributed by atoms with Gasteiger partial charge in [-0.15, -0.1) is 0 Å². The number of nitrogens with two attached hydrogens (primary N) is 1. The molecule has 1 aromatic rings. The molecule has 0 spiro atoms. The van der Waals surface area contributed by atoms with Gasteiger partial charge in [-0.1, -0.05) is 11.6 Å². The van der Waals surface area contributed by atoms with E-state index in [-0.39, 0.29) is 21.4 Å². The number of hydrogen-bond acceptors (Lipinski definition) is 4. The SMILES string of the molecule is NS(=O)(=O)c1cc(Br)c(Cl)c(C(=O)N2CCOCC2)c1. The summed E-state index contributed by atoms with van der Waals surface area (Å²) in [6.07, 6.45) is 0. The van der Waals surface area contributed by atoms with Crippen molar-refractivity contribution in [1.82, 2.24) is 4.90 Å². The quantitative estimate of drug-likeness (QED) is 0.831. The summed E-state index contributed by atoms with van der Waals surface area (Å²) in [6.45, 7) is 1.76. The molecular formula is C11H12BrClN2O4S. The second kappa shape index (κ2) is 5.98. The van der Waals surface area contributed by atoms with E-state index in [1.165, 1.54) is 12.1 Å². The minimum Gasteiger partial charge on any atom is -0.378 e. The molecule has 0 unspecified atom stereocenters. The zero-order valence-corrected chi connectivity index (χ0v) is 13.5. The Bertz CT molecular complexity index is 644. The fourth-order valence-electron chi connectivity index (χ4n) is 1.82. The summed E-state index contributed by atoms with van der Waals surface area (Å²) in [5.74, 6) is -0.343. The van der Waals surface area contributed by atoms with E-state index in [2.05, 4.69) is 15.9 Å². The second-order valence-corrected chi connectivity index (χ2v) is 7.01. The number of halogens is 2. The van der Waals surface area contributed by atoms with Gasteiger partial charge >= 0.3 is 0 Å². The highest BCUT2D eigenvalue weighted by Crippen LogP contribution is 2.30. The average molecular weight is 384 g/mol. The number of morpholine rings is 1. The Balaban J connectivity index is 2.44. The van der Waals surface area contributed by atoms with E-state index in [4.69, 9.17) is 21.5 Å². The lowest BCUT2D eigenvalue weighted by Gasteiger charge is -2.27. The van der Waals surface area contributed by atoms with Crippen molar-refractivity contribution < 1.29 is 17.9 Å². The third kappa shape index (κ3) is 3.32. The van der Waals surface area contributed by atoms with Crippen LogP contribution in [0.3, 0.4) is 0 Å². The zero-order valence-electron chi connectivity index (χ0n) is 10.3. The molecule has 0 radical (unpaired) electrons. The third-order valence-corrected chi connectivity index (χ3v) is 5.01. The van der Waals surface area contributed by atoms with Crippen LogP contribution < -0.4 is 5.14 Å². The number of carbonyl (C=O) groups excluding carboxylic acids is 1. The molecule has 0 bridgehead atoms. The van der Waals surface area contributed by atoms with Crippen LogP contribution in [0, 0.1) is 0 Å². The summed E-state index contributed by atoms with van der Waals surface area (Å²) in [5.41, 5.74) is 0.104. The summed E-state index contributed by atoms with van der Waals surface area (Å²) < 4.78 is 28.3. The molecule has 9 heteroatoms. The normalized spacial score (nSPS) is 16.2. The topological polar surface area (TPSA) is 89.7 Å². The lowest BCUT2D eigenvalue weighted by molar-refractivity contribution is 0.0303. The molecule has 2 rings (SSSR count). The summed E-state index contributed by atoms with van der Waals surface area (Å²) in [4.78, 5) is 13.8. The predicted octanol–water partition coefficient (Wildman–Crippen LogP) is 1.22. The Morgan fingerprint density at radius 2 is 1.95 bits per heavy atom. The number of sulfonamides is 1. The first-order valence-corrected chi connectivity index (χ1v) is 8.41. The minimum absolute atomic E-state index is 0.104. The van der Waals surface area contributed by atoms with Crippen LogP contribution in [0.5, 0.6) is 0 Å². The molecule has 20 heavy (non-hydrogen) atoms. The van der Waals surface area contributed by atoms with Gasteiger partial charge in [-0.25, -0.2) is 13.6 Å². The number of primary sulfonamides is 1. The Morgan fingerprint density at radius 3 is 2.50 bits per heavy atom. The molecule has 1 aliphatic rings. The van der Waals surface area contributed by atoms with E-state index >= 15 is 0 Å². The Morgan fingerprint density at radius 1 is 1.35 bits per heavy atom. The van der Waals surface area contributed by atoms with E-state index < -0.39 is 10.0 Å². The van der Waals surface area contributed by atoms with Crippen molar-refractivity contribution in [2.45, 2.75) is 4.90 Å². The van der Waals surface area contributed by atoms with Gasteiger partial charge in [-0.05, 0) is 28.1 Å². The highest BCUT2D eigenvalue weighted by Gasteiger charge is 2.24. The Labute approximate surface area is 130 Å². The maximum absolute atomic E-state index is 12.4. The van der Waals surface area contributed by atoms with E-state index in [1.54, 1.807) is 4.90 Å². The molecule has 0 aliphatic carbocycles. The van der Waals surface area contributed by atoms with Gasteiger partial charge in [0.2, 0.25) is 10.0 Å². The number of rotatable bonds is 2. The molecule has 6 nitrogen and oxygen atoms in total. The first kappa shape index (κ1) is 15.7.